The van der Waals surface area contributed by atoms with Gasteiger partial charge in [-0.1, -0.05) is 61.8 Å². The van der Waals surface area contributed by atoms with Gasteiger partial charge in [-0.3, -0.25) is 0 Å². The fourth-order valence-corrected chi connectivity index (χ4v) is 3.16. The Morgan fingerprint density at radius 2 is 1.92 bits per heavy atom. The van der Waals surface area contributed by atoms with Crippen molar-refractivity contribution in [3.8, 4) is 0 Å². The third-order valence-electron chi connectivity index (χ3n) is 4.50. The number of hydrogen-bond donors (Lipinski definition) is 0. The van der Waals surface area contributed by atoms with E-state index in [-0.39, 0.29) is 0 Å². The van der Waals surface area contributed by atoms with Crippen molar-refractivity contribution in [3.05, 3.63) is 76.9 Å². The topological polar surface area (TPSA) is 25.8 Å². The van der Waals surface area contributed by atoms with Gasteiger partial charge in [-0.2, -0.15) is 0 Å². The second kappa shape index (κ2) is 8.05. The number of aromatic nitrogens is 2. The molecule has 1 aromatic heterocycles. The van der Waals surface area contributed by atoms with Crippen LogP contribution in [0.5, 0.6) is 0 Å². The van der Waals surface area contributed by atoms with Gasteiger partial charge in [0.05, 0.1) is 5.69 Å². The Labute approximate surface area is 145 Å². The molecule has 0 amide bonds. The number of hydrogen-bond acceptors (Lipinski definition) is 2. The zero-order valence-corrected chi connectivity index (χ0v) is 14.8. The standard InChI is InChI=1S/C22H26N2/c1-3-4-5-7-18-8-6-9-19(15-18)16-22-23-13-12-21(24-22)20-11-10-17(2)14-20/h6,8-13,15H,3-5,7,14,16H2,1-2H3. The summed E-state index contributed by atoms with van der Waals surface area (Å²) in [7, 11) is 0. The molecule has 2 heteroatoms. The summed E-state index contributed by atoms with van der Waals surface area (Å²) in [6, 6.07) is 10.9. The molecular weight excluding hydrogens is 292 g/mol. The summed E-state index contributed by atoms with van der Waals surface area (Å²) < 4.78 is 0. The molecule has 1 aromatic carbocycles. The maximum Gasteiger partial charge on any atom is 0.133 e. The molecule has 2 nitrogen and oxygen atoms in total. The van der Waals surface area contributed by atoms with E-state index < -0.39 is 0 Å². The molecule has 3 rings (SSSR count). The lowest BCUT2D eigenvalue weighted by Gasteiger charge is -2.07. The third-order valence-corrected chi connectivity index (χ3v) is 4.50. The number of allylic oxidation sites excluding steroid dienone is 4. The fourth-order valence-electron chi connectivity index (χ4n) is 3.16. The molecule has 1 heterocycles. The van der Waals surface area contributed by atoms with Crippen molar-refractivity contribution in [2.75, 3.05) is 0 Å². The number of benzene rings is 1. The SMILES string of the molecule is CCCCCc1cccc(Cc2nccc(C3=CC=C(C)C3)n2)c1. The Hall–Kier alpha value is -2.22. The minimum atomic E-state index is 0.801. The van der Waals surface area contributed by atoms with Gasteiger partial charge < -0.3 is 0 Å². The fraction of sp³-hybridized carbons (Fsp3) is 0.364. The van der Waals surface area contributed by atoms with Crippen LogP contribution in [0, 0.1) is 0 Å². The highest BCUT2D eigenvalue weighted by Gasteiger charge is 2.10. The van der Waals surface area contributed by atoms with Gasteiger partial charge in [-0.25, -0.2) is 9.97 Å². The Morgan fingerprint density at radius 1 is 1.04 bits per heavy atom. The second-order valence-corrected chi connectivity index (χ2v) is 6.69. The van der Waals surface area contributed by atoms with Crippen LogP contribution in [0.4, 0.5) is 0 Å². The number of nitrogens with zero attached hydrogens (tertiary/aromatic N) is 2. The van der Waals surface area contributed by atoms with E-state index in [1.54, 1.807) is 0 Å². The minimum Gasteiger partial charge on any atom is -0.241 e. The van der Waals surface area contributed by atoms with Gasteiger partial charge in [0.15, 0.2) is 0 Å². The summed E-state index contributed by atoms with van der Waals surface area (Å²) in [6.45, 7) is 4.41. The average molecular weight is 318 g/mol. The highest BCUT2D eigenvalue weighted by atomic mass is 14.9. The summed E-state index contributed by atoms with van der Waals surface area (Å²) in [5, 5.41) is 0. The first-order valence-corrected chi connectivity index (χ1v) is 9.01. The predicted octanol–water partition coefficient (Wildman–Crippen LogP) is 5.53. The molecule has 0 saturated carbocycles. The van der Waals surface area contributed by atoms with E-state index in [1.807, 2.05) is 12.3 Å². The van der Waals surface area contributed by atoms with Gasteiger partial charge in [0.1, 0.15) is 5.82 Å². The number of aryl methyl sites for hydroxylation is 1. The highest BCUT2D eigenvalue weighted by molar-refractivity contribution is 5.69. The van der Waals surface area contributed by atoms with Crippen LogP contribution in [0.1, 0.15) is 62.2 Å². The van der Waals surface area contributed by atoms with E-state index >= 15 is 0 Å². The van der Waals surface area contributed by atoms with Gasteiger partial charge >= 0.3 is 0 Å². The molecular formula is C22H26N2. The van der Waals surface area contributed by atoms with E-state index in [1.165, 1.54) is 48.0 Å². The van der Waals surface area contributed by atoms with E-state index in [2.05, 4.69) is 55.2 Å². The predicted molar refractivity (Wildman–Crippen MR) is 101 cm³/mol. The summed E-state index contributed by atoms with van der Waals surface area (Å²) in [5.74, 6) is 0.906. The van der Waals surface area contributed by atoms with Crippen LogP contribution in [0.25, 0.3) is 5.57 Å². The Bertz CT molecular complexity index is 756. The van der Waals surface area contributed by atoms with Gasteiger partial charge in [-0.05, 0) is 49.0 Å². The number of unbranched alkanes of at least 4 members (excludes halogenated alkanes) is 2. The molecule has 0 fully saturated rings. The maximum absolute atomic E-state index is 4.78. The minimum absolute atomic E-state index is 0.801. The van der Waals surface area contributed by atoms with Crippen molar-refractivity contribution < 1.29 is 0 Å². The Morgan fingerprint density at radius 3 is 2.71 bits per heavy atom. The zero-order chi connectivity index (χ0) is 16.8. The van der Waals surface area contributed by atoms with E-state index in [9.17, 15) is 0 Å². The van der Waals surface area contributed by atoms with E-state index in [0.717, 1.165) is 24.4 Å². The average Bonchev–Trinajstić information content (AvgIpc) is 3.02. The molecule has 0 radical (unpaired) electrons. The normalized spacial score (nSPS) is 13.8. The van der Waals surface area contributed by atoms with E-state index in [4.69, 9.17) is 4.98 Å². The molecule has 0 saturated heterocycles. The van der Waals surface area contributed by atoms with Crippen molar-refractivity contribution in [3.63, 3.8) is 0 Å². The first kappa shape index (κ1) is 16.6. The molecule has 0 aliphatic heterocycles. The summed E-state index contributed by atoms with van der Waals surface area (Å²) in [5.41, 5.74) is 6.48. The Kier molecular flexibility index (Phi) is 5.58. The molecule has 0 spiro atoms. The van der Waals surface area contributed by atoms with Crippen LogP contribution in [0.15, 0.2) is 54.3 Å². The lowest BCUT2D eigenvalue weighted by molar-refractivity contribution is 0.717. The van der Waals surface area contributed by atoms with Crippen molar-refractivity contribution in [2.24, 2.45) is 0 Å². The zero-order valence-electron chi connectivity index (χ0n) is 14.8. The monoisotopic (exact) mass is 318 g/mol. The molecule has 0 bridgehead atoms. The van der Waals surface area contributed by atoms with Crippen molar-refractivity contribution in [2.45, 2.75) is 52.4 Å². The van der Waals surface area contributed by atoms with Crippen LogP contribution in [-0.4, -0.2) is 9.97 Å². The van der Waals surface area contributed by atoms with Gasteiger partial charge in [-0.15, -0.1) is 0 Å². The molecule has 2 aromatic rings. The molecule has 1 aliphatic carbocycles. The van der Waals surface area contributed by atoms with Crippen LogP contribution < -0.4 is 0 Å². The second-order valence-electron chi connectivity index (χ2n) is 6.69. The third kappa shape index (κ3) is 4.41. The lowest BCUT2D eigenvalue weighted by atomic mass is 10.0. The molecule has 0 atom stereocenters. The van der Waals surface area contributed by atoms with Crippen molar-refractivity contribution in [1.82, 2.24) is 9.97 Å². The van der Waals surface area contributed by atoms with Gasteiger partial charge in [0.2, 0.25) is 0 Å². The molecule has 24 heavy (non-hydrogen) atoms. The van der Waals surface area contributed by atoms with Crippen LogP contribution >= 0.6 is 0 Å². The molecule has 0 unspecified atom stereocenters. The Balaban J connectivity index is 1.69. The van der Waals surface area contributed by atoms with Crippen LogP contribution in [0.3, 0.4) is 0 Å². The van der Waals surface area contributed by atoms with Crippen LogP contribution in [0.2, 0.25) is 0 Å². The maximum atomic E-state index is 4.78. The van der Waals surface area contributed by atoms with Gasteiger partial charge in [0, 0.05) is 12.6 Å². The van der Waals surface area contributed by atoms with Crippen LogP contribution in [-0.2, 0) is 12.8 Å². The highest BCUT2D eigenvalue weighted by Crippen LogP contribution is 2.26. The lowest BCUT2D eigenvalue weighted by Crippen LogP contribution is -2.00. The molecule has 124 valence electrons. The quantitative estimate of drug-likeness (QED) is 0.627. The number of rotatable bonds is 7. The first-order chi connectivity index (χ1) is 11.7. The molecule has 0 N–H and O–H groups in total. The van der Waals surface area contributed by atoms with Crippen molar-refractivity contribution in [1.29, 1.82) is 0 Å². The smallest absolute Gasteiger partial charge is 0.133 e. The van der Waals surface area contributed by atoms with E-state index in [0.29, 0.717) is 0 Å². The molecule has 1 aliphatic rings. The van der Waals surface area contributed by atoms with Gasteiger partial charge in [0.25, 0.3) is 0 Å². The largest absolute Gasteiger partial charge is 0.241 e. The summed E-state index contributed by atoms with van der Waals surface area (Å²) in [6.07, 6.45) is 13.1. The van der Waals surface area contributed by atoms with Crippen molar-refractivity contribution >= 4 is 5.57 Å². The summed E-state index contributed by atoms with van der Waals surface area (Å²) in [4.78, 5) is 9.25. The first-order valence-electron chi connectivity index (χ1n) is 9.01. The summed E-state index contributed by atoms with van der Waals surface area (Å²) >= 11 is 0.